The molecule has 0 N–H and O–H groups in total. The van der Waals surface area contributed by atoms with E-state index in [-0.39, 0.29) is 0 Å². The van der Waals surface area contributed by atoms with Crippen LogP contribution >= 0.6 is 0 Å². The topological polar surface area (TPSA) is 0 Å². The SMILES string of the molecule is [CH2]CC=C(C)CC=C(C)C. The van der Waals surface area contributed by atoms with Crippen molar-refractivity contribution in [3.05, 3.63) is 30.2 Å². The summed E-state index contributed by atoms with van der Waals surface area (Å²) in [4.78, 5) is 0. The lowest BCUT2D eigenvalue weighted by Crippen LogP contribution is -1.73. The first-order chi connectivity index (χ1) is 4.66. The lowest BCUT2D eigenvalue weighted by Gasteiger charge is -1.94. The van der Waals surface area contributed by atoms with Gasteiger partial charge in [0.1, 0.15) is 0 Å². The minimum Gasteiger partial charge on any atom is -0.0853 e. The fourth-order valence-electron chi connectivity index (χ4n) is 0.695. The van der Waals surface area contributed by atoms with Crippen LogP contribution in [0, 0.1) is 6.92 Å². The van der Waals surface area contributed by atoms with Gasteiger partial charge in [0.15, 0.2) is 0 Å². The molecule has 57 valence electrons. The van der Waals surface area contributed by atoms with E-state index in [9.17, 15) is 0 Å². The highest BCUT2D eigenvalue weighted by molar-refractivity contribution is 5.07. The molecule has 0 aromatic rings. The van der Waals surface area contributed by atoms with Gasteiger partial charge in [-0.3, -0.25) is 0 Å². The first-order valence-electron chi connectivity index (χ1n) is 3.75. The first kappa shape index (κ1) is 9.48. The van der Waals surface area contributed by atoms with E-state index in [4.69, 9.17) is 0 Å². The normalized spacial score (nSPS) is 11.4. The van der Waals surface area contributed by atoms with E-state index in [0.29, 0.717) is 0 Å². The molecule has 0 aromatic carbocycles. The van der Waals surface area contributed by atoms with Crippen LogP contribution in [0.5, 0.6) is 0 Å². The maximum Gasteiger partial charge on any atom is -0.0139 e. The predicted octanol–water partition coefficient (Wildman–Crippen LogP) is 3.51. The molecule has 0 rings (SSSR count). The van der Waals surface area contributed by atoms with Crippen molar-refractivity contribution in [3.63, 3.8) is 0 Å². The molecule has 0 saturated heterocycles. The molecule has 0 nitrogen and oxygen atoms in total. The van der Waals surface area contributed by atoms with Crippen LogP contribution in [-0.2, 0) is 0 Å². The molecule has 0 spiro atoms. The molecule has 0 bridgehead atoms. The quantitative estimate of drug-likeness (QED) is 0.522. The molecule has 0 aliphatic heterocycles. The summed E-state index contributed by atoms with van der Waals surface area (Å²) in [5.41, 5.74) is 2.80. The minimum atomic E-state index is 0.905. The van der Waals surface area contributed by atoms with Gasteiger partial charge in [-0.25, -0.2) is 0 Å². The van der Waals surface area contributed by atoms with Crippen molar-refractivity contribution in [1.82, 2.24) is 0 Å². The lowest BCUT2D eigenvalue weighted by molar-refractivity contribution is 1.14. The largest absolute Gasteiger partial charge is 0.0853 e. The number of allylic oxidation sites excluding steroid dienone is 4. The summed E-state index contributed by atoms with van der Waals surface area (Å²) < 4.78 is 0. The number of rotatable bonds is 3. The second-order valence-corrected chi connectivity index (χ2v) is 2.82. The van der Waals surface area contributed by atoms with Crippen LogP contribution in [0.15, 0.2) is 23.3 Å². The van der Waals surface area contributed by atoms with Gasteiger partial charge in [-0.1, -0.05) is 23.3 Å². The molecule has 0 aliphatic carbocycles. The van der Waals surface area contributed by atoms with Crippen molar-refractivity contribution in [2.24, 2.45) is 0 Å². The van der Waals surface area contributed by atoms with E-state index in [1.165, 1.54) is 11.1 Å². The smallest absolute Gasteiger partial charge is 0.0139 e. The summed E-state index contributed by atoms with van der Waals surface area (Å²) in [6.07, 6.45) is 6.39. The third-order valence-electron chi connectivity index (χ3n) is 1.33. The second kappa shape index (κ2) is 5.28. The van der Waals surface area contributed by atoms with E-state index >= 15 is 0 Å². The lowest BCUT2D eigenvalue weighted by atomic mass is 10.1. The van der Waals surface area contributed by atoms with E-state index in [1.54, 1.807) is 0 Å². The van der Waals surface area contributed by atoms with Gasteiger partial charge in [0.2, 0.25) is 0 Å². The second-order valence-electron chi connectivity index (χ2n) is 2.82. The summed E-state index contributed by atoms with van der Waals surface area (Å²) in [6.45, 7) is 10.1. The number of hydrogen-bond donors (Lipinski definition) is 0. The molecule has 0 unspecified atom stereocenters. The summed E-state index contributed by atoms with van der Waals surface area (Å²) >= 11 is 0. The molecule has 0 amide bonds. The van der Waals surface area contributed by atoms with Crippen molar-refractivity contribution >= 4 is 0 Å². The Labute approximate surface area is 64.6 Å². The fraction of sp³-hybridized carbons (Fsp3) is 0.500. The van der Waals surface area contributed by atoms with Crippen LogP contribution < -0.4 is 0 Å². The summed E-state index contributed by atoms with van der Waals surface area (Å²) in [5.74, 6) is 0. The van der Waals surface area contributed by atoms with Gasteiger partial charge in [-0.05, 0) is 40.5 Å². The average Bonchev–Trinajstić information content (AvgIpc) is 1.85. The van der Waals surface area contributed by atoms with Crippen molar-refractivity contribution in [2.45, 2.75) is 33.6 Å². The monoisotopic (exact) mass is 137 g/mol. The van der Waals surface area contributed by atoms with Crippen LogP contribution in [0.25, 0.3) is 0 Å². The van der Waals surface area contributed by atoms with Gasteiger partial charge < -0.3 is 0 Å². The van der Waals surface area contributed by atoms with Crippen molar-refractivity contribution < 1.29 is 0 Å². The maximum atomic E-state index is 3.76. The number of hydrogen-bond acceptors (Lipinski definition) is 0. The molecule has 0 fully saturated rings. The van der Waals surface area contributed by atoms with Crippen LogP contribution in [0.2, 0.25) is 0 Å². The van der Waals surface area contributed by atoms with E-state index < -0.39 is 0 Å². The van der Waals surface area contributed by atoms with Crippen molar-refractivity contribution in [1.29, 1.82) is 0 Å². The summed E-state index contributed by atoms with van der Waals surface area (Å²) in [7, 11) is 0. The molecule has 0 aliphatic rings. The summed E-state index contributed by atoms with van der Waals surface area (Å²) in [5, 5.41) is 0. The van der Waals surface area contributed by atoms with Gasteiger partial charge in [0, 0.05) is 0 Å². The highest BCUT2D eigenvalue weighted by atomic mass is 13.9. The zero-order chi connectivity index (χ0) is 7.98. The van der Waals surface area contributed by atoms with Gasteiger partial charge in [-0.2, -0.15) is 0 Å². The zero-order valence-electron chi connectivity index (χ0n) is 7.28. The Balaban J connectivity index is 3.69. The van der Waals surface area contributed by atoms with Gasteiger partial charge in [0.05, 0.1) is 0 Å². The molecule has 0 heteroatoms. The molecule has 0 aromatic heterocycles. The zero-order valence-corrected chi connectivity index (χ0v) is 7.28. The maximum absolute atomic E-state index is 3.76. The Hall–Kier alpha value is -0.520. The molecule has 1 radical (unpaired) electrons. The minimum absolute atomic E-state index is 0.905. The van der Waals surface area contributed by atoms with Crippen molar-refractivity contribution in [2.75, 3.05) is 0 Å². The summed E-state index contributed by atoms with van der Waals surface area (Å²) in [6, 6.07) is 0. The Kier molecular flexibility index (Phi) is 5.00. The predicted molar refractivity (Wildman–Crippen MR) is 47.8 cm³/mol. The third-order valence-corrected chi connectivity index (χ3v) is 1.33. The van der Waals surface area contributed by atoms with E-state index in [0.717, 1.165) is 12.8 Å². The molecular weight excluding hydrogens is 120 g/mol. The van der Waals surface area contributed by atoms with E-state index in [2.05, 4.69) is 39.8 Å². The van der Waals surface area contributed by atoms with Crippen LogP contribution in [0.4, 0.5) is 0 Å². The standard InChI is InChI=1S/C10H17/c1-5-6-10(4)8-7-9(2)3/h6-7H,1,5,8H2,2-4H3. The fourth-order valence-corrected chi connectivity index (χ4v) is 0.695. The highest BCUT2D eigenvalue weighted by Crippen LogP contribution is 2.04. The van der Waals surface area contributed by atoms with Gasteiger partial charge >= 0.3 is 0 Å². The van der Waals surface area contributed by atoms with Crippen LogP contribution in [0.3, 0.4) is 0 Å². The molecule has 0 heterocycles. The first-order valence-corrected chi connectivity index (χ1v) is 3.75. The molecule has 10 heavy (non-hydrogen) atoms. The molecule has 0 saturated carbocycles. The average molecular weight is 137 g/mol. The van der Waals surface area contributed by atoms with Crippen LogP contribution in [0.1, 0.15) is 33.6 Å². The highest BCUT2D eigenvalue weighted by Gasteiger charge is 1.83. The Morgan fingerprint density at radius 1 is 1.20 bits per heavy atom. The van der Waals surface area contributed by atoms with E-state index in [1.807, 2.05) is 0 Å². The van der Waals surface area contributed by atoms with Gasteiger partial charge in [0.25, 0.3) is 0 Å². The van der Waals surface area contributed by atoms with Crippen molar-refractivity contribution in [3.8, 4) is 0 Å². The Morgan fingerprint density at radius 2 is 1.80 bits per heavy atom. The molecule has 0 atom stereocenters. The molecular formula is C10H17. The van der Waals surface area contributed by atoms with Crippen LogP contribution in [-0.4, -0.2) is 0 Å². The Bertz CT molecular complexity index is 134. The van der Waals surface area contributed by atoms with Gasteiger partial charge in [-0.15, -0.1) is 0 Å². The third kappa shape index (κ3) is 5.61. The Morgan fingerprint density at radius 3 is 2.20 bits per heavy atom.